The van der Waals surface area contributed by atoms with E-state index < -0.39 is 0 Å². The fourth-order valence-corrected chi connectivity index (χ4v) is 2.85. The van der Waals surface area contributed by atoms with E-state index in [4.69, 9.17) is 11.6 Å². The van der Waals surface area contributed by atoms with Crippen molar-refractivity contribution in [1.82, 2.24) is 10.4 Å². The Balaban J connectivity index is 1.47. The van der Waals surface area contributed by atoms with Gasteiger partial charge in [0.05, 0.1) is 17.9 Å². The van der Waals surface area contributed by atoms with Crippen molar-refractivity contribution in [3.63, 3.8) is 0 Å². The lowest BCUT2D eigenvalue weighted by atomic mass is 10.0. The highest BCUT2D eigenvalue weighted by atomic mass is 35.5. The van der Waals surface area contributed by atoms with Crippen LogP contribution < -0.4 is 10.7 Å². The van der Waals surface area contributed by atoms with E-state index in [2.05, 4.69) is 20.8 Å². The van der Waals surface area contributed by atoms with Gasteiger partial charge in [-0.15, -0.1) is 0 Å². The second-order valence-electron chi connectivity index (χ2n) is 6.71. The first kappa shape index (κ1) is 21.2. The number of carbonyl (C=O) groups is 2. The van der Waals surface area contributed by atoms with E-state index >= 15 is 0 Å². The molecule has 0 saturated heterocycles. The molecule has 2 amide bonds. The Labute approximate surface area is 180 Å². The molecule has 0 saturated carbocycles. The van der Waals surface area contributed by atoms with Crippen molar-refractivity contribution in [1.29, 1.82) is 0 Å². The van der Waals surface area contributed by atoms with Crippen molar-refractivity contribution >= 4 is 34.9 Å². The summed E-state index contributed by atoms with van der Waals surface area (Å²) in [7, 11) is 0. The van der Waals surface area contributed by atoms with Crippen LogP contribution in [0.25, 0.3) is 11.1 Å². The van der Waals surface area contributed by atoms with E-state index in [1.54, 1.807) is 19.1 Å². The van der Waals surface area contributed by atoms with E-state index in [0.29, 0.717) is 16.6 Å². The summed E-state index contributed by atoms with van der Waals surface area (Å²) >= 11 is 5.76. The van der Waals surface area contributed by atoms with Gasteiger partial charge >= 0.3 is 0 Å². The maximum absolute atomic E-state index is 12.1. The molecule has 0 aliphatic rings. The van der Waals surface area contributed by atoms with E-state index in [1.165, 1.54) is 6.20 Å². The van der Waals surface area contributed by atoms with Crippen molar-refractivity contribution in [2.24, 2.45) is 5.10 Å². The molecule has 3 rings (SSSR count). The number of pyridine rings is 1. The number of rotatable bonds is 7. The zero-order chi connectivity index (χ0) is 21.3. The third-order valence-corrected chi connectivity index (χ3v) is 4.43. The Bertz CT molecular complexity index is 1030. The van der Waals surface area contributed by atoms with Gasteiger partial charge in [-0.05, 0) is 35.7 Å². The molecule has 0 fully saturated rings. The van der Waals surface area contributed by atoms with Gasteiger partial charge in [0, 0.05) is 11.9 Å². The van der Waals surface area contributed by atoms with Crippen LogP contribution in [0, 0.1) is 0 Å². The van der Waals surface area contributed by atoms with E-state index in [1.807, 2.05) is 54.6 Å². The molecule has 6 nitrogen and oxygen atoms in total. The third-order valence-electron chi connectivity index (χ3n) is 4.21. The minimum atomic E-state index is -0.281. The van der Waals surface area contributed by atoms with Crippen molar-refractivity contribution in [2.75, 3.05) is 5.32 Å². The van der Waals surface area contributed by atoms with Crippen molar-refractivity contribution in [2.45, 2.75) is 19.8 Å². The molecule has 0 aliphatic heterocycles. The van der Waals surface area contributed by atoms with Gasteiger partial charge in [-0.2, -0.15) is 5.10 Å². The number of nitrogens with zero attached hydrogens (tertiary/aromatic N) is 2. The fraction of sp³-hybridized carbons (Fsp3) is 0.130. The molecular formula is C23H21ClN4O2. The molecule has 0 radical (unpaired) electrons. The Morgan fingerprint density at radius 1 is 0.933 bits per heavy atom. The van der Waals surface area contributed by atoms with E-state index in [9.17, 15) is 9.59 Å². The lowest BCUT2D eigenvalue weighted by Gasteiger charge is -2.06. The zero-order valence-electron chi connectivity index (χ0n) is 16.4. The molecule has 2 N–H and O–H groups in total. The lowest BCUT2D eigenvalue weighted by molar-refractivity contribution is -0.120. The first-order valence-electron chi connectivity index (χ1n) is 9.37. The van der Waals surface area contributed by atoms with Gasteiger partial charge in [-0.3, -0.25) is 9.59 Å². The van der Waals surface area contributed by atoms with Crippen LogP contribution in [0.3, 0.4) is 0 Å². The Morgan fingerprint density at radius 2 is 1.63 bits per heavy atom. The molecule has 0 unspecified atom stereocenters. The standard InChI is InChI=1S/C23H21ClN4O2/c1-16(13-22(29)26-21-12-11-20(24)15-25-21)27-28-23(30)14-17-7-9-19(10-8-17)18-5-3-2-4-6-18/h2-12,15H,13-14H2,1H3,(H,28,30)(H,25,26,29)/b27-16-. The molecule has 0 aliphatic carbocycles. The second-order valence-corrected chi connectivity index (χ2v) is 7.14. The van der Waals surface area contributed by atoms with Crippen LogP contribution in [0.4, 0.5) is 5.82 Å². The largest absolute Gasteiger partial charge is 0.310 e. The smallest absolute Gasteiger partial charge is 0.244 e. The van der Waals surface area contributed by atoms with Gasteiger partial charge in [-0.1, -0.05) is 66.2 Å². The Hall–Kier alpha value is -3.51. The molecule has 1 aromatic heterocycles. The van der Waals surface area contributed by atoms with Crippen LogP contribution in [-0.2, 0) is 16.0 Å². The molecule has 0 atom stereocenters. The SMILES string of the molecule is C/C(CC(=O)Nc1ccc(Cl)cn1)=N/NC(=O)Cc1ccc(-c2ccccc2)cc1. The lowest BCUT2D eigenvalue weighted by Crippen LogP contribution is -2.23. The predicted octanol–water partition coefficient (Wildman–Crippen LogP) is 4.47. The summed E-state index contributed by atoms with van der Waals surface area (Å²) in [5.41, 5.74) is 6.07. The van der Waals surface area contributed by atoms with Crippen molar-refractivity contribution < 1.29 is 9.59 Å². The van der Waals surface area contributed by atoms with Crippen LogP contribution in [0.15, 0.2) is 78.0 Å². The molecule has 0 bridgehead atoms. The number of aromatic nitrogens is 1. The van der Waals surface area contributed by atoms with Crippen LogP contribution in [0.2, 0.25) is 5.02 Å². The highest BCUT2D eigenvalue weighted by Crippen LogP contribution is 2.19. The van der Waals surface area contributed by atoms with Gasteiger partial charge in [0.1, 0.15) is 5.82 Å². The summed E-state index contributed by atoms with van der Waals surface area (Å²) in [6.07, 6.45) is 1.69. The molecule has 30 heavy (non-hydrogen) atoms. The summed E-state index contributed by atoms with van der Waals surface area (Å²) in [6.45, 7) is 1.67. The molecule has 3 aromatic rings. The topological polar surface area (TPSA) is 83.4 Å². The monoisotopic (exact) mass is 420 g/mol. The third kappa shape index (κ3) is 6.53. The summed E-state index contributed by atoms with van der Waals surface area (Å²) in [5, 5.41) is 7.13. The van der Waals surface area contributed by atoms with Gasteiger partial charge in [-0.25, -0.2) is 10.4 Å². The minimum absolute atomic E-state index is 0.0381. The first-order valence-corrected chi connectivity index (χ1v) is 9.75. The Morgan fingerprint density at radius 3 is 2.30 bits per heavy atom. The number of halogens is 1. The number of carbonyl (C=O) groups excluding carboxylic acids is 2. The summed E-state index contributed by atoms with van der Waals surface area (Å²) in [6, 6.07) is 21.1. The molecule has 0 spiro atoms. The normalized spacial score (nSPS) is 11.1. The van der Waals surface area contributed by atoms with Gasteiger partial charge < -0.3 is 5.32 Å². The number of hydrazone groups is 1. The van der Waals surface area contributed by atoms with Gasteiger partial charge in [0.15, 0.2) is 0 Å². The van der Waals surface area contributed by atoms with Crippen molar-refractivity contribution in [3.05, 3.63) is 83.5 Å². The predicted molar refractivity (Wildman–Crippen MR) is 119 cm³/mol. The second kappa shape index (κ2) is 10.3. The molecular weight excluding hydrogens is 400 g/mol. The number of anilines is 1. The average molecular weight is 421 g/mol. The summed E-state index contributed by atoms with van der Waals surface area (Å²) in [5.74, 6) is -0.126. The minimum Gasteiger partial charge on any atom is -0.310 e. The van der Waals surface area contributed by atoms with Gasteiger partial charge in [0.25, 0.3) is 0 Å². The average Bonchev–Trinajstić information content (AvgIpc) is 2.75. The fourth-order valence-electron chi connectivity index (χ4n) is 2.74. The van der Waals surface area contributed by atoms with Crippen LogP contribution >= 0.6 is 11.6 Å². The molecule has 7 heteroatoms. The van der Waals surface area contributed by atoms with Crippen LogP contribution in [0.1, 0.15) is 18.9 Å². The highest BCUT2D eigenvalue weighted by Gasteiger charge is 2.07. The molecule has 2 aromatic carbocycles. The first-order chi connectivity index (χ1) is 14.5. The van der Waals surface area contributed by atoms with Crippen molar-refractivity contribution in [3.8, 4) is 11.1 Å². The van der Waals surface area contributed by atoms with E-state index in [0.717, 1.165) is 16.7 Å². The van der Waals surface area contributed by atoms with Crippen LogP contribution in [0.5, 0.6) is 0 Å². The number of nitrogens with one attached hydrogen (secondary N) is 2. The molecule has 152 valence electrons. The van der Waals surface area contributed by atoms with Crippen LogP contribution in [-0.4, -0.2) is 22.5 Å². The highest BCUT2D eigenvalue weighted by molar-refractivity contribution is 6.30. The maximum Gasteiger partial charge on any atom is 0.244 e. The molecule has 1 heterocycles. The summed E-state index contributed by atoms with van der Waals surface area (Å²) < 4.78 is 0. The summed E-state index contributed by atoms with van der Waals surface area (Å²) in [4.78, 5) is 28.2. The number of hydrogen-bond donors (Lipinski definition) is 2. The quantitative estimate of drug-likeness (QED) is 0.437. The Kier molecular flexibility index (Phi) is 7.29. The zero-order valence-corrected chi connectivity index (χ0v) is 17.2. The number of hydrogen-bond acceptors (Lipinski definition) is 4. The van der Waals surface area contributed by atoms with E-state index in [-0.39, 0.29) is 24.7 Å². The number of amides is 2. The maximum atomic E-state index is 12.1. The number of benzene rings is 2. The van der Waals surface area contributed by atoms with Gasteiger partial charge in [0.2, 0.25) is 11.8 Å².